The highest BCUT2D eigenvalue weighted by Gasteiger charge is 2.09. The molecule has 0 aliphatic carbocycles. The number of esters is 1. The number of amides is 2. The molecule has 0 bridgehead atoms. The van der Waals surface area contributed by atoms with E-state index in [4.69, 9.17) is 4.74 Å². The minimum atomic E-state index is -0.560. The average molecular weight is 402 g/mol. The highest BCUT2D eigenvalue weighted by Crippen LogP contribution is 2.22. The van der Waals surface area contributed by atoms with Crippen molar-refractivity contribution >= 4 is 40.3 Å². The van der Waals surface area contributed by atoms with E-state index in [2.05, 4.69) is 10.6 Å². The molecule has 152 valence electrons. The van der Waals surface area contributed by atoms with Crippen molar-refractivity contribution in [1.29, 1.82) is 0 Å². The van der Waals surface area contributed by atoms with Gasteiger partial charge in [-0.05, 0) is 23.1 Å². The van der Waals surface area contributed by atoms with Crippen molar-refractivity contribution in [2.24, 2.45) is 0 Å². The first-order chi connectivity index (χ1) is 14.6. The topological polar surface area (TPSA) is 84.5 Å². The van der Waals surface area contributed by atoms with Crippen LogP contribution in [-0.2, 0) is 19.1 Å². The summed E-state index contributed by atoms with van der Waals surface area (Å²) in [5, 5.41) is 7.27. The maximum atomic E-state index is 12.1. The third-order valence-electron chi connectivity index (χ3n) is 4.28. The zero-order valence-corrected chi connectivity index (χ0v) is 16.3. The number of carbonyl (C=O) groups excluding carboxylic acids is 3. The van der Waals surface area contributed by atoms with Crippen molar-refractivity contribution < 1.29 is 19.1 Å². The van der Waals surface area contributed by atoms with E-state index in [0.29, 0.717) is 5.69 Å². The third-order valence-corrected chi connectivity index (χ3v) is 4.28. The Bertz CT molecular complexity index is 1060. The van der Waals surface area contributed by atoms with Gasteiger partial charge in [0.1, 0.15) is 0 Å². The number of anilines is 1. The number of fused-ring (bicyclic) bond motifs is 1. The van der Waals surface area contributed by atoms with Crippen molar-refractivity contribution in [1.82, 2.24) is 5.32 Å². The summed E-state index contributed by atoms with van der Waals surface area (Å²) in [4.78, 5) is 35.7. The summed E-state index contributed by atoms with van der Waals surface area (Å²) in [6.45, 7) is -0.258. The monoisotopic (exact) mass is 402 g/mol. The second kappa shape index (κ2) is 10.6. The quantitative estimate of drug-likeness (QED) is 0.446. The molecule has 0 aliphatic rings. The minimum Gasteiger partial charge on any atom is -0.456 e. The zero-order valence-electron chi connectivity index (χ0n) is 16.3. The van der Waals surface area contributed by atoms with Crippen LogP contribution in [0.15, 0.2) is 78.9 Å². The van der Waals surface area contributed by atoms with Crippen molar-refractivity contribution in [2.75, 3.05) is 18.5 Å². The molecular formula is C24H22N2O4. The molecule has 0 unspecified atom stereocenters. The second-order valence-corrected chi connectivity index (χ2v) is 6.52. The molecule has 0 aliphatic heterocycles. The molecular weight excluding hydrogens is 380 g/mol. The minimum absolute atomic E-state index is 0.0214. The molecule has 3 aromatic carbocycles. The molecule has 0 atom stereocenters. The molecule has 2 N–H and O–H groups in total. The van der Waals surface area contributed by atoms with Gasteiger partial charge in [0.05, 0.1) is 6.42 Å². The fraction of sp³-hybridized carbons (Fsp3) is 0.125. The SMILES string of the molecule is O=C(/C=C/c1ccccc1)NCCC(=O)OCC(=O)Nc1cccc2ccccc12. The van der Waals surface area contributed by atoms with Gasteiger partial charge in [-0.3, -0.25) is 14.4 Å². The molecule has 0 radical (unpaired) electrons. The summed E-state index contributed by atoms with van der Waals surface area (Å²) < 4.78 is 4.98. The van der Waals surface area contributed by atoms with E-state index in [1.54, 1.807) is 12.1 Å². The van der Waals surface area contributed by atoms with Crippen LogP contribution in [0.25, 0.3) is 16.8 Å². The first-order valence-electron chi connectivity index (χ1n) is 9.56. The lowest BCUT2D eigenvalue weighted by atomic mass is 10.1. The van der Waals surface area contributed by atoms with E-state index < -0.39 is 11.9 Å². The Labute approximate surface area is 174 Å². The van der Waals surface area contributed by atoms with Gasteiger partial charge in [0.15, 0.2) is 6.61 Å². The van der Waals surface area contributed by atoms with Gasteiger partial charge in [-0.2, -0.15) is 0 Å². The first-order valence-corrected chi connectivity index (χ1v) is 9.56. The van der Waals surface area contributed by atoms with Gasteiger partial charge in [0.2, 0.25) is 5.91 Å². The molecule has 6 heteroatoms. The molecule has 0 saturated heterocycles. The van der Waals surface area contributed by atoms with Gasteiger partial charge in [-0.15, -0.1) is 0 Å². The van der Waals surface area contributed by atoms with Crippen molar-refractivity contribution in [3.63, 3.8) is 0 Å². The Morgan fingerprint density at radius 3 is 2.43 bits per heavy atom. The Morgan fingerprint density at radius 1 is 0.867 bits per heavy atom. The Hall–Kier alpha value is -3.93. The molecule has 30 heavy (non-hydrogen) atoms. The molecule has 0 saturated carbocycles. The van der Waals surface area contributed by atoms with Gasteiger partial charge in [0.25, 0.3) is 5.91 Å². The third kappa shape index (κ3) is 6.31. The summed E-state index contributed by atoms with van der Waals surface area (Å²) in [6.07, 6.45) is 3.07. The average Bonchev–Trinajstić information content (AvgIpc) is 2.77. The molecule has 0 fully saturated rings. The van der Waals surface area contributed by atoms with Crippen molar-refractivity contribution in [3.8, 4) is 0 Å². The summed E-state index contributed by atoms with van der Waals surface area (Å²) in [5.74, 6) is -1.29. The normalized spacial score (nSPS) is 10.7. The van der Waals surface area contributed by atoms with Crippen molar-refractivity contribution in [2.45, 2.75) is 6.42 Å². The second-order valence-electron chi connectivity index (χ2n) is 6.52. The summed E-state index contributed by atoms with van der Waals surface area (Å²) >= 11 is 0. The van der Waals surface area contributed by atoms with Gasteiger partial charge in [0, 0.05) is 23.7 Å². The highest BCUT2D eigenvalue weighted by atomic mass is 16.5. The maximum Gasteiger partial charge on any atom is 0.308 e. The van der Waals surface area contributed by atoms with E-state index >= 15 is 0 Å². The van der Waals surface area contributed by atoms with Crippen LogP contribution in [0.4, 0.5) is 5.69 Å². The summed E-state index contributed by atoms with van der Waals surface area (Å²) in [6, 6.07) is 22.7. The predicted octanol–water partition coefficient (Wildman–Crippen LogP) is 3.54. The summed E-state index contributed by atoms with van der Waals surface area (Å²) in [5.41, 5.74) is 1.57. The number of hydrogen-bond donors (Lipinski definition) is 2. The van der Waals surface area contributed by atoms with Crippen LogP contribution in [-0.4, -0.2) is 30.9 Å². The number of hydrogen-bond acceptors (Lipinski definition) is 4. The zero-order chi connectivity index (χ0) is 21.2. The Kier molecular flexibility index (Phi) is 7.33. The van der Waals surface area contributed by atoms with Crippen LogP contribution >= 0.6 is 0 Å². The molecule has 0 aromatic heterocycles. The van der Waals surface area contributed by atoms with E-state index in [-0.39, 0.29) is 25.5 Å². The number of rotatable bonds is 8. The van der Waals surface area contributed by atoms with E-state index in [9.17, 15) is 14.4 Å². The van der Waals surface area contributed by atoms with E-state index in [1.807, 2.05) is 66.7 Å². The van der Waals surface area contributed by atoms with Crippen LogP contribution in [0.2, 0.25) is 0 Å². The largest absolute Gasteiger partial charge is 0.456 e. The molecule has 6 nitrogen and oxygen atoms in total. The summed E-state index contributed by atoms with van der Waals surface area (Å²) in [7, 11) is 0. The fourth-order valence-electron chi connectivity index (χ4n) is 2.82. The number of benzene rings is 3. The first kappa shape index (κ1) is 20.8. The standard InChI is InChI=1S/C24H22N2O4/c27-22(14-13-18-7-2-1-3-8-18)25-16-15-24(29)30-17-23(28)26-21-12-6-10-19-9-4-5-11-20(19)21/h1-14H,15-17H2,(H,25,27)(H,26,28)/b14-13+. The Morgan fingerprint density at radius 2 is 1.60 bits per heavy atom. The van der Waals surface area contributed by atoms with Crippen LogP contribution in [0.3, 0.4) is 0 Å². The lowest BCUT2D eigenvalue weighted by molar-refractivity contribution is -0.147. The lowest BCUT2D eigenvalue weighted by Crippen LogP contribution is -2.26. The van der Waals surface area contributed by atoms with Crippen LogP contribution < -0.4 is 10.6 Å². The highest BCUT2D eigenvalue weighted by molar-refractivity contribution is 6.02. The van der Waals surface area contributed by atoms with Crippen molar-refractivity contribution in [3.05, 3.63) is 84.4 Å². The van der Waals surface area contributed by atoms with Gasteiger partial charge < -0.3 is 15.4 Å². The molecule has 0 spiro atoms. The molecule has 0 heterocycles. The molecule has 2 amide bonds. The number of nitrogens with one attached hydrogen (secondary N) is 2. The Balaban J connectivity index is 1.37. The van der Waals surface area contributed by atoms with Crippen LogP contribution in [0, 0.1) is 0 Å². The van der Waals surface area contributed by atoms with Gasteiger partial charge >= 0.3 is 5.97 Å². The maximum absolute atomic E-state index is 12.1. The smallest absolute Gasteiger partial charge is 0.308 e. The van der Waals surface area contributed by atoms with E-state index in [0.717, 1.165) is 16.3 Å². The van der Waals surface area contributed by atoms with E-state index in [1.165, 1.54) is 6.08 Å². The molecule has 3 rings (SSSR count). The van der Waals surface area contributed by atoms with Crippen LogP contribution in [0.5, 0.6) is 0 Å². The number of carbonyl (C=O) groups is 3. The molecule has 3 aromatic rings. The van der Waals surface area contributed by atoms with Gasteiger partial charge in [-0.25, -0.2) is 0 Å². The van der Waals surface area contributed by atoms with Gasteiger partial charge in [-0.1, -0.05) is 66.7 Å². The van der Waals surface area contributed by atoms with Crippen LogP contribution in [0.1, 0.15) is 12.0 Å². The number of ether oxygens (including phenoxy) is 1. The predicted molar refractivity (Wildman–Crippen MR) is 117 cm³/mol. The lowest BCUT2D eigenvalue weighted by Gasteiger charge is -2.09. The fourth-order valence-corrected chi connectivity index (χ4v) is 2.82.